The normalized spacial score (nSPS) is 12.1. The molecule has 1 atom stereocenters. The molecule has 0 radical (unpaired) electrons. The van der Waals surface area contributed by atoms with Crippen LogP contribution >= 0.6 is 0 Å². The molecule has 1 N–H and O–H groups in total. The molecular formula is C25H23F2N3O3. The predicted molar refractivity (Wildman–Crippen MR) is 121 cm³/mol. The number of aromatic nitrogens is 2. The molecule has 0 fully saturated rings. The number of carbonyl (C=O) groups is 1. The van der Waals surface area contributed by atoms with E-state index in [9.17, 15) is 18.4 Å². The monoisotopic (exact) mass is 451 g/mol. The number of alkyl halides is 2. The lowest BCUT2D eigenvalue weighted by Gasteiger charge is -2.20. The Balaban J connectivity index is 1.62. The van der Waals surface area contributed by atoms with Gasteiger partial charge < -0.3 is 10.1 Å². The first-order chi connectivity index (χ1) is 16.0. The second-order valence-electron chi connectivity index (χ2n) is 7.46. The second kappa shape index (κ2) is 9.68. The fourth-order valence-electron chi connectivity index (χ4n) is 3.93. The Kier molecular flexibility index (Phi) is 6.53. The summed E-state index contributed by atoms with van der Waals surface area (Å²) in [5.41, 5.74) is 2.71. The number of carbonyl (C=O) groups excluding carboxylic acids is 1. The standard InChI is InChI=1S/C25H23F2N3O3/c1-2-29-20-10-6-7-11-21(20)30(25(29)32)16-22(31)28-23(17-8-4-3-5-9-17)18-12-14-19(15-13-18)33-24(26)27/h3-15,23-24H,2,16H2,1H3,(H,28,31). The van der Waals surface area contributed by atoms with E-state index in [0.29, 0.717) is 17.6 Å². The highest BCUT2D eigenvalue weighted by atomic mass is 19.3. The lowest BCUT2D eigenvalue weighted by molar-refractivity contribution is -0.122. The number of imidazole rings is 1. The van der Waals surface area contributed by atoms with Gasteiger partial charge in [0.15, 0.2) is 0 Å². The summed E-state index contributed by atoms with van der Waals surface area (Å²) in [6.45, 7) is -0.690. The summed E-state index contributed by atoms with van der Waals surface area (Å²) in [7, 11) is 0. The van der Waals surface area contributed by atoms with Crippen molar-refractivity contribution in [3.8, 4) is 5.75 Å². The third kappa shape index (κ3) is 4.79. The minimum Gasteiger partial charge on any atom is -0.435 e. The SMILES string of the molecule is CCn1c(=O)n(CC(=O)NC(c2ccccc2)c2ccc(OC(F)F)cc2)c2ccccc21. The van der Waals surface area contributed by atoms with Gasteiger partial charge in [-0.25, -0.2) is 4.79 Å². The Labute approximate surface area is 189 Å². The van der Waals surface area contributed by atoms with E-state index in [4.69, 9.17) is 0 Å². The minimum atomic E-state index is -2.91. The van der Waals surface area contributed by atoms with Crippen molar-refractivity contribution >= 4 is 16.9 Å². The molecule has 0 saturated carbocycles. The second-order valence-corrected chi connectivity index (χ2v) is 7.46. The van der Waals surface area contributed by atoms with Crippen molar-refractivity contribution in [2.75, 3.05) is 0 Å². The van der Waals surface area contributed by atoms with Crippen LogP contribution in [0.3, 0.4) is 0 Å². The van der Waals surface area contributed by atoms with Crippen molar-refractivity contribution in [3.05, 3.63) is 100 Å². The van der Waals surface area contributed by atoms with E-state index < -0.39 is 12.7 Å². The molecule has 8 heteroatoms. The number of hydrogen-bond donors (Lipinski definition) is 1. The van der Waals surface area contributed by atoms with Crippen molar-refractivity contribution in [3.63, 3.8) is 0 Å². The molecule has 0 bridgehead atoms. The first-order valence-corrected chi connectivity index (χ1v) is 10.5. The van der Waals surface area contributed by atoms with Gasteiger partial charge in [0.1, 0.15) is 12.3 Å². The molecule has 4 rings (SSSR count). The van der Waals surface area contributed by atoms with Gasteiger partial charge in [0.2, 0.25) is 5.91 Å². The lowest BCUT2D eigenvalue weighted by atomic mass is 9.98. The van der Waals surface area contributed by atoms with Gasteiger partial charge in [-0.05, 0) is 42.3 Å². The molecule has 4 aromatic rings. The van der Waals surface area contributed by atoms with Crippen LogP contribution in [0.25, 0.3) is 11.0 Å². The van der Waals surface area contributed by atoms with Crippen molar-refractivity contribution in [1.82, 2.24) is 14.5 Å². The average Bonchev–Trinajstić information content (AvgIpc) is 3.09. The first kappa shape index (κ1) is 22.3. The van der Waals surface area contributed by atoms with E-state index in [2.05, 4.69) is 10.1 Å². The summed E-state index contributed by atoms with van der Waals surface area (Å²) in [6.07, 6.45) is 0. The number of benzene rings is 3. The van der Waals surface area contributed by atoms with Gasteiger partial charge in [-0.2, -0.15) is 8.78 Å². The van der Waals surface area contributed by atoms with Gasteiger partial charge in [-0.3, -0.25) is 13.9 Å². The molecule has 0 spiro atoms. The number of amides is 1. The third-order valence-electron chi connectivity index (χ3n) is 5.42. The van der Waals surface area contributed by atoms with Gasteiger partial charge in [-0.1, -0.05) is 54.6 Å². The van der Waals surface area contributed by atoms with Crippen LogP contribution in [0.2, 0.25) is 0 Å². The lowest BCUT2D eigenvalue weighted by Crippen LogP contribution is -2.35. The van der Waals surface area contributed by atoms with E-state index in [1.165, 1.54) is 16.7 Å². The number of ether oxygens (including phenoxy) is 1. The summed E-state index contributed by atoms with van der Waals surface area (Å²) in [5.74, 6) is -0.316. The summed E-state index contributed by atoms with van der Waals surface area (Å²) >= 11 is 0. The van der Waals surface area contributed by atoms with Gasteiger partial charge in [-0.15, -0.1) is 0 Å². The molecule has 6 nitrogen and oxygen atoms in total. The number of aryl methyl sites for hydroxylation is 1. The molecule has 0 aliphatic rings. The highest BCUT2D eigenvalue weighted by Gasteiger charge is 2.20. The Morgan fingerprint density at radius 1 is 0.879 bits per heavy atom. The quantitative estimate of drug-likeness (QED) is 0.434. The fourth-order valence-corrected chi connectivity index (χ4v) is 3.93. The molecular weight excluding hydrogens is 428 g/mol. The Hall–Kier alpha value is -3.94. The van der Waals surface area contributed by atoms with Crippen LogP contribution in [0.5, 0.6) is 5.75 Å². The fraction of sp³-hybridized carbons (Fsp3) is 0.200. The Morgan fingerprint density at radius 2 is 1.45 bits per heavy atom. The molecule has 1 amide bonds. The maximum atomic E-state index is 13.1. The third-order valence-corrected chi connectivity index (χ3v) is 5.42. The van der Waals surface area contributed by atoms with Crippen LogP contribution < -0.4 is 15.7 Å². The maximum absolute atomic E-state index is 13.1. The zero-order chi connectivity index (χ0) is 23.4. The van der Waals surface area contributed by atoms with Gasteiger partial charge in [0, 0.05) is 6.54 Å². The first-order valence-electron chi connectivity index (χ1n) is 10.5. The van der Waals surface area contributed by atoms with Crippen LogP contribution in [0, 0.1) is 0 Å². The summed E-state index contributed by atoms with van der Waals surface area (Å²) in [4.78, 5) is 25.9. The van der Waals surface area contributed by atoms with E-state index in [1.54, 1.807) is 16.7 Å². The number of fused-ring (bicyclic) bond motifs is 1. The summed E-state index contributed by atoms with van der Waals surface area (Å²) < 4.78 is 32.5. The largest absolute Gasteiger partial charge is 0.435 e. The number of hydrogen-bond acceptors (Lipinski definition) is 3. The van der Waals surface area contributed by atoms with Gasteiger partial charge in [0.25, 0.3) is 0 Å². The maximum Gasteiger partial charge on any atom is 0.387 e. The predicted octanol–water partition coefficient (Wildman–Crippen LogP) is 4.33. The molecule has 0 aliphatic heterocycles. The smallest absolute Gasteiger partial charge is 0.387 e. The molecule has 33 heavy (non-hydrogen) atoms. The topological polar surface area (TPSA) is 65.3 Å². The zero-order valence-electron chi connectivity index (χ0n) is 17.9. The van der Waals surface area contributed by atoms with E-state index in [0.717, 1.165) is 11.1 Å². The van der Waals surface area contributed by atoms with Gasteiger partial charge in [0.05, 0.1) is 17.1 Å². The minimum absolute atomic E-state index is 0.0332. The zero-order valence-corrected chi connectivity index (χ0v) is 17.9. The van der Waals surface area contributed by atoms with Crippen LogP contribution in [-0.2, 0) is 17.9 Å². The van der Waals surface area contributed by atoms with Crippen LogP contribution in [0.4, 0.5) is 8.78 Å². The van der Waals surface area contributed by atoms with Crippen molar-refractivity contribution < 1.29 is 18.3 Å². The molecule has 1 heterocycles. The summed E-state index contributed by atoms with van der Waals surface area (Å²) in [6, 6.07) is 22.2. The van der Waals surface area contributed by atoms with Crippen LogP contribution in [0.15, 0.2) is 83.7 Å². The van der Waals surface area contributed by atoms with Crippen molar-refractivity contribution in [2.45, 2.75) is 32.7 Å². The molecule has 0 saturated heterocycles. The van der Waals surface area contributed by atoms with E-state index in [-0.39, 0.29) is 23.9 Å². The van der Waals surface area contributed by atoms with Crippen LogP contribution in [0.1, 0.15) is 24.1 Å². The number of nitrogens with one attached hydrogen (secondary N) is 1. The van der Waals surface area contributed by atoms with E-state index in [1.807, 2.05) is 61.5 Å². The highest BCUT2D eigenvalue weighted by Crippen LogP contribution is 2.25. The molecule has 0 aliphatic carbocycles. The highest BCUT2D eigenvalue weighted by molar-refractivity contribution is 5.81. The molecule has 1 aromatic heterocycles. The Bertz CT molecular complexity index is 1300. The number of rotatable bonds is 8. The number of nitrogens with zero attached hydrogens (tertiary/aromatic N) is 2. The Morgan fingerprint density at radius 3 is 2.06 bits per heavy atom. The van der Waals surface area contributed by atoms with Crippen LogP contribution in [-0.4, -0.2) is 21.7 Å². The van der Waals surface area contributed by atoms with Gasteiger partial charge >= 0.3 is 12.3 Å². The average molecular weight is 451 g/mol. The molecule has 1 unspecified atom stereocenters. The number of para-hydroxylation sites is 2. The molecule has 3 aromatic carbocycles. The van der Waals surface area contributed by atoms with Crippen molar-refractivity contribution in [2.24, 2.45) is 0 Å². The summed E-state index contributed by atoms with van der Waals surface area (Å²) in [5, 5.41) is 2.98. The number of halogens is 2. The van der Waals surface area contributed by atoms with E-state index >= 15 is 0 Å². The van der Waals surface area contributed by atoms with Crippen molar-refractivity contribution in [1.29, 1.82) is 0 Å². The molecule has 170 valence electrons.